The minimum atomic E-state index is -0.190. The second-order valence-electron chi connectivity index (χ2n) is 7.37. The number of hydrogen-bond acceptors (Lipinski definition) is 4. The number of benzene rings is 2. The van der Waals surface area contributed by atoms with E-state index < -0.39 is 0 Å². The number of carbonyl (C=O) groups is 1. The van der Waals surface area contributed by atoms with Crippen LogP contribution in [-0.4, -0.2) is 48.5 Å². The SMILES string of the molecule is O=C1OC(CCCN2CCN(Cc3ccc(F)cc3)CC2)c2ccccc21. The molecule has 1 atom stereocenters. The average molecular weight is 368 g/mol. The molecule has 0 radical (unpaired) electrons. The number of carbonyl (C=O) groups excluding carboxylic acids is 1. The zero-order chi connectivity index (χ0) is 18.6. The fourth-order valence-corrected chi connectivity index (χ4v) is 3.95. The van der Waals surface area contributed by atoms with E-state index in [0.717, 1.165) is 68.8 Å². The summed E-state index contributed by atoms with van der Waals surface area (Å²) in [5.74, 6) is -0.371. The first-order chi connectivity index (χ1) is 13.2. The van der Waals surface area contributed by atoms with Gasteiger partial charge < -0.3 is 9.64 Å². The molecule has 0 amide bonds. The zero-order valence-corrected chi connectivity index (χ0v) is 15.4. The van der Waals surface area contributed by atoms with E-state index in [1.807, 2.05) is 36.4 Å². The van der Waals surface area contributed by atoms with Crippen LogP contribution in [0, 0.1) is 5.82 Å². The van der Waals surface area contributed by atoms with Gasteiger partial charge in [0.25, 0.3) is 0 Å². The Morgan fingerprint density at radius 3 is 2.44 bits per heavy atom. The number of esters is 1. The second-order valence-corrected chi connectivity index (χ2v) is 7.37. The van der Waals surface area contributed by atoms with Crippen molar-refractivity contribution in [1.29, 1.82) is 0 Å². The molecule has 2 aromatic rings. The first-order valence-corrected chi connectivity index (χ1v) is 9.68. The Balaban J connectivity index is 1.19. The molecule has 0 aromatic heterocycles. The van der Waals surface area contributed by atoms with E-state index in [4.69, 9.17) is 4.74 Å². The first kappa shape index (κ1) is 18.1. The van der Waals surface area contributed by atoms with Gasteiger partial charge in [0.15, 0.2) is 0 Å². The molecule has 2 aliphatic rings. The third-order valence-electron chi connectivity index (χ3n) is 5.50. The molecule has 0 aliphatic carbocycles. The molecule has 0 N–H and O–H groups in total. The number of ether oxygens (including phenoxy) is 1. The van der Waals surface area contributed by atoms with E-state index in [-0.39, 0.29) is 17.9 Å². The third-order valence-corrected chi connectivity index (χ3v) is 5.50. The van der Waals surface area contributed by atoms with Crippen molar-refractivity contribution in [3.05, 3.63) is 71.0 Å². The highest BCUT2D eigenvalue weighted by molar-refractivity contribution is 5.93. The van der Waals surface area contributed by atoms with Crippen molar-refractivity contribution in [1.82, 2.24) is 9.80 Å². The topological polar surface area (TPSA) is 32.8 Å². The van der Waals surface area contributed by atoms with Crippen LogP contribution in [0.3, 0.4) is 0 Å². The van der Waals surface area contributed by atoms with Gasteiger partial charge in [0.2, 0.25) is 0 Å². The Labute approximate surface area is 159 Å². The maximum absolute atomic E-state index is 13.0. The van der Waals surface area contributed by atoms with Gasteiger partial charge in [-0.3, -0.25) is 4.90 Å². The van der Waals surface area contributed by atoms with Gasteiger partial charge in [0, 0.05) is 38.3 Å². The number of hydrogen-bond donors (Lipinski definition) is 0. The van der Waals surface area contributed by atoms with Crippen molar-refractivity contribution >= 4 is 5.97 Å². The summed E-state index contributed by atoms with van der Waals surface area (Å²) in [6, 6.07) is 14.5. The number of piperazine rings is 1. The quantitative estimate of drug-likeness (QED) is 0.729. The number of nitrogens with zero attached hydrogens (tertiary/aromatic N) is 2. The van der Waals surface area contributed by atoms with Gasteiger partial charge in [0.05, 0.1) is 5.56 Å². The Morgan fingerprint density at radius 2 is 1.67 bits per heavy atom. The van der Waals surface area contributed by atoms with Crippen molar-refractivity contribution in [2.24, 2.45) is 0 Å². The number of halogens is 1. The van der Waals surface area contributed by atoms with Crippen molar-refractivity contribution in [3.8, 4) is 0 Å². The fraction of sp³-hybridized carbons (Fsp3) is 0.409. The molecule has 0 bridgehead atoms. The van der Waals surface area contributed by atoms with E-state index in [9.17, 15) is 9.18 Å². The molecular formula is C22H25FN2O2. The normalized spacial score (nSPS) is 20.5. The minimum absolute atomic E-state index is 0.0894. The Kier molecular flexibility index (Phi) is 5.50. The summed E-state index contributed by atoms with van der Waals surface area (Å²) >= 11 is 0. The van der Waals surface area contributed by atoms with Gasteiger partial charge in [-0.25, -0.2) is 9.18 Å². The minimum Gasteiger partial charge on any atom is -0.454 e. The van der Waals surface area contributed by atoms with E-state index in [1.54, 1.807) is 0 Å². The molecular weight excluding hydrogens is 343 g/mol. The van der Waals surface area contributed by atoms with Gasteiger partial charge in [0.1, 0.15) is 11.9 Å². The molecule has 1 fully saturated rings. The first-order valence-electron chi connectivity index (χ1n) is 9.68. The highest BCUT2D eigenvalue weighted by Crippen LogP contribution is 2.33. The van der Waals surface area contributed by atoms with Gasteiger partial charge in [-0.2, -0.15) is 0 Å². The van der Waals surface area contributed by atoms with Crippen molar-refractivity contribution < 1.29 is 13.9 Å². The van der Waals surface area contributed by atoms with Crippen molar-refractivity contribution in [3.63, 3.8) is 0 Å². The molecule has 1 unspecified atom stereocenters. The van der Waals surface area contributed by atoms with Crippen LogP contribution in [0.2, 0.25) is 0 Å². The molecule has 2 aliphatic heterocycles. The zero-order valence-electron chi connectivity index (χ0n) is 15.4. The highest BCUT2D eigenvalue weighted by Gasteiger charge is 2.30. The summed E-state index contributed by atoms with van der Waals surface area (Å²) in [6.45, 7) is 6.05. The van der Waals surface area contributed by atoms with Gasteiger partial charge >= 0.3 is 5.97 Å². The number of cyclic esters (lactones) is 1. The van der Waals surface area contributed by atoms with Gasteiger partial charge in [-0.1, -0.05) is 30.3 Å². The molecule has 1 saturated heterocycles. The summed E-state index contributed by atoms with van der Waals surface area (Å²) < 4.78 is 18.5. The Morgan fingerprint density at radius 1 is 0.963 bits per heavy atom. The molecule has 2 aromatic carbocycles. The van der Waals surface area contributed by atoms with E-state index in [2.05, 4.69) is 9.80 Å². The van der Waals surface area contributed by atoms with Crippen molar-refractivity contribution in [2.75, 3.05) is 32.7 Å². The summed E-state index contributed by atoms with van der Waals surface area (Å²) in [7, 11) is 0. The van der Waals surface area contributed by atoms with E-state index >= 15 is 0 Å². The van der Waals surface area contributed by atoms with E-state index in [0.29, 0.717) is 0 Å². The molecule has 4 rings (SSSR count). The molecule has 142 valence electrons. The molecule has 4 nitrogen and oxygen atoms in total. The van der Waals surface area contributed by atoms with Crippen LogP contribution in [0.25, 0.3) is 0 Å². The largest absolute Gasteiger partial charge is 0.454 e. The van der Waals surface area contributed by atoms with Crippen LogP contribution >= 0.6 is 0 Å². The summed E-state index contributed by atoms with van der Waals surface area (Å²) in [6.07, 6.45) is 1.80. The second kappa shape index (κ2) is 8.19. The predicted octanol–water partition coefficient (Wildman–Crippen LogP) is 3.64. The lowest BCUT2D eigenvalue weighted by molar-refractivity contribution is 0.0353. The van der Waals surface area contributed by atoms with Gasteiger partial charge in [-0.15, -0.1) is 0 Å². The molecule has 5 heteroatoms. The monoisotopic (exact) mass is 368 g/mol. The lowest BCUT2D eigenvalue weighted by Crippen LogP contribution is -2.46. The van der Waals surface area contributed by atoms with Crippen LogP contribution in [-0.2, 0) is 11.3 Å². The lowest BCUT2D eigenvalue weighted by Gasteiger charge is -2.34. The number of fused-ring (bicyclic) bond motifs is 1. The number of rotatable bonds is 6. The van der Waals surface area contributed by atoms with E-state index in [1.165, 1.54) is 12.1 Å². The van der Waals surface area contributed by atoms with Crippen LogP contribution in [0.5, 0.6) is 0 Å². The maximum atomic E-state index is 13.0. The van der Waals surface area contributed by atoms with Gasteiger partial charge in [-0.05, 0) is 43.1 Å². The van der Waals surface area contributed by atoms with Crippen LogP contribution < -0.4 is 0 Å². The van der Waals surface area contributed by atoms with Crippen molar-refractivity contribution in [2.45, 2.75) is 25.5 Å². The standard InChI is InChI=1S/C22H25FN2O2/c23-18-9-7-17(8-10-18)16-25-14-12-24(13-15-25)11-3-6-21-19-4-1-2-5-20(19)22(26)27-21/h1-2,4-5,7-10,21H,3,6,11-16H2. The Bertz CT molecular complexity index is 785. The molecule has 2 heterocycles. The lowest BCUT2D eigenvalue weighted by atomic mass is 10.0. The third kappa shape index (κ3) is 4.37. The highest BCUT2D eigenvalue weighted by atomic mass is 19.1. The molecule has 0 spiro atoms. The average Bonchev–Trinajstić information content (AvgIpc) is 3.01. The smallest absolute Gasteiger partial charge is 0.339 e. The van der Waals surface area contributed by atoms with Crippen LogP contribution in [0.15, 0.2) is 48.5 Å². The predicted molar refractivity (Wildman–Crippen MR) is 102 cm³/mol. The fourth-order valence-electron chi connectivity index (χ4n) is 3.95. The Hall–Kier alpha value is -2.24. The molecule has 27 heavy (non-hydrogen) atoms. The summed E-state index contributed by atoms with van der Waals surface area (Å²) in [5.41, 5.74) is 2.91. The van der Waals surface area contributed by atoms with Crippen LogP contribution in [0.1, 0.15) is 40.4 Å². The summed E-state index contributed by atoms with van der Waals surface area (Å²) in [4.78, 5) is 16.8. The van der Waals surface area contributed by atoms with Crippen LogP contribution in [0.4, 0.5) is 4.39 Å². The summed E-state index contributed by atoms with van der Waals surface area (Å²) in [5, 5.41) is 0. The molecule has 0 saturated carbocycles. The maximum Gasteiger partial charge on any atom is 0.339 e.